The second-order valence-corrected chi connectivity index (χ2v) is 5.63. The summed E-state index contributed by atoms with van der Waals surface area (Å²) in [5.41, 5.74) is 3.15. The van der Waals surface area contributed by atoms with E-state index in [2.05, 4.69) is 26.2 Å². The van der Waals surface area contributed by atoms with E-state index < -0.39 is 5.91 Å². The Kier molecular flexibility index (Phi) is 4.09. The number of anilines is 1. The minimum atomic E-state index is -0.418. The molecule has 20 heavy (non-hydrogen) atoms. The van der Waals surface area contributed by atoms with Crippen LogP contribution in [-0.2, 0) is 0 Å². The number of carbonyl (C=O) groups excluding carboxylic acids is 1. The summed E-state index contributed by atoms with van der Waals surface area (Å²) in [4.78, 5) is 26.6. The Morgan fingerprint density at radius 3 is 2.50 bits per heavy atom. The third-order valence-electron chi connectivity index (χ3n) is 2.97. The molecule has 1 amide bonds. The van der Waals surface area contributed by atoms with E-state index >= 15 is 0 Å². The first-order chi connectivity index (χ1) is 9.38. The second kappa shape index (κ2) is 5.63. The molecule has 2 rings (SSSR count). The van der Waals surface area contributed by atoms with Gasteiger partial charge in [0.15, 0.2) is 0 Å². The molecule has 1 aromatic carbocycles. The third kappa shape index (κ3) is 2.99. The summed E-state index contributed by atoms with van der Waals surface area (Å²) >= 11 is 3.43. The van der Waals surface area contributed by atoms with Gasteiger partial charge in [-0.15, -0.1) is 0 Å². The summed E-state index contributed by atoms with van der Waals surface area (Å²) in [6.07, 6.45) is 0. The number of amides is 1. The molecule has 5 heteroatoms. The van der Waals surface area contributed by atoms with Gasteiger partial charge in [-0.3, -0.25) is 9.59 Å². The third-order valence-corrected chi connectivity index (χ3v) is 3.60. The van der Waals surface area contributed by atoms with Gasteiger partial charge in [0.2, 0.25) is 0 Å². The second-order valence-electron chi connectivity index (χ2n) is 4.78. The average Bonchev–Trinajstić information content (AvgIpc) is 2.33. The van der Waals surface area contributed by atoms with Crippen LogP contribution in [0.3, 0.4) is 0 Å². The van der Waals surface area contributed by atoms with Gasteiger partial charge >= 0.3 is 0 Å². The molecule has 0 aliphatic heterocycles. The number of hydrogen-bond acceptors (Lipinski definition) is 2. The fourth-order valence-electron chi connectivity index (χ4n) is 2.01. The molecule has 104 valence electrons. The molecule has 4 nitrogen and oxygen atoms in total. The number of H-pyrrole nitrogens is 1. The van der Waals surface area contributed by atoms with Crippen molar-refractivity contribution in [1.82, 2.24) is 4.98 Å². The molecule has 0 bridgehead atoms. The fourth-order valence-corrected chi connectivity index (χ4v) is 2.78. The number of rotatable bonds is 2. The van der Waals surface area contributed by atoms with E-state index in [1.807, 2.05) is 26.0 Å². The highest BCUT2D eigenvalue weighted by atomic mass is 79.9. The molecule has 2 aromatic rings. The number of aryl methyl sites for hydroxylation is 3. The lowest BCUT2D eigenvalue weighted by molar-refractivity contribution is 0.102. The smallest absolute Gasteiger partial charge is 0.261 e. The summed E-state index contributed by atoms with van der Waals surface area (Å²) < 4.78 is 0.798. The maximum absolute atomic E-state index is 12.2. The van der Waals surface area contributed by atoms with Crippen LogP contribution in [0.15, 0.2) is 33.5 Å². The molecule has 0 aliphatic rings. The van der Waals surface area contributed by atoms with Gasteiger partial charge in [-0.25, -0.2) is 0 Å². The van der Waals surface area contributed by atoms with Crippen molar-refractivity contribution in [2.75, 3.05) is 5.32 Å². The Hall–Kier alpha value is -1.88. The minimum Gasteiger partial charge on any atom is -0.326 e. The van der Waals surface area contributed by atoms with Gasteiger partial charge in [0.05, 0.1) is 5.69 Å². The lowest BCUT2D eigenvalue weighted by Crippen LogP contribution is -2.23. The number of aromatic amines is 1. The molecule has 1 heterocycles. The summed E-state index contributed by atoms with van der Waals surface area (Å²) in [6.45, 7) is 5.66. The molecule has 1 aromatic heterocycles. The van der Waals surface area contributed by atoms with Crippen LogP contribution >= 0.6 is 15.9 Å². The van der Waals surface area contributed by atoms with Crippen LogP contribution in [0.25, 0.3) is 0 Å². The maximum Gasteiger partial charge on any atom is 0.261 e. The summed E-state index contributed by atoms with van der Waals surface area (Å²) in [5, 5.41) is 2.78. The SMILES string of the molecule is Cc1cc(C)c(NC(=O)c2ccc(C)[nH]c2=O)c(Br)c1. The van der Waals surface area contributed by atoms with Crippen molar-refractivity contribution in [3.8, 4) is 0 Å². The van der Waals surface area contributed by atoms with E-state index in [1.165, 1.54) is 6.07 Å². The van der Waals surface area contributed by atoms with Gasteiger partial charge in [0.1, 0.15) is 5.56 Å². The molecular formula is C15H15BrN2O2. The molecule has 0 unspecified atom stereocenters. The predicted octanol–water partition coefficient (Wildman–Crippen LogP) is 3.31. The zero-order valence-electron chi connectivity index (χ0n) is 11.5. The van der Waals surface area contributed by atoms with Gasteiger partial charge in [-0.1, -0.05) is 6.07 Å². The molecule has 0 saturated heterocycles. The minimum absolute atomic E-state index is 0.0995. The van der Waals surface area contributed by atoms with Crippen LogP contribution in [0, 0.1) is 20.8 Å². The van der Waals surface area contributed by atoms with Crippen molar-refractivity contribution >= 4 is 27.5 Å². The number of aromatic nitrogens is 1. The number of hydrogen-bond donors (Lipinski definition) is 2. The highest BCUT2D eigenvalue weighted by Gasteiger charge is 2.13. The number of nitrogens with one attached hydrogen (secondary N) is 2. The van der Waals surface area contributed by atoms with Gasteiger partial charge in [0.25, 0.3) is 11.5 Å². The Balaban J connectivity index is 2.35. The Morgan fingerprint density at radius 2 is 1.90 bits per heavy atom. The van der Waals surface area contributed by atoms with E-state index in [0.29, 0.717) is 5.69 Å². The zero-order valence-corrected chi connectivity index (χ0v) is 13.1. The van der Waals surface area contributed by atoms with E-state index in [4.69, 9.17) is 0 Å². The molecule has 0 saturated carbocycles. The van der Waals surface area contributed by atoms with Crippen LogP contribution in [0.2, 0.25) is 0 Å². The monoisotopic (exact) mass is 334 g/mol. The number of carbonyl (C=O) groups is 1. The first-order valence-corrected chi connectivity index (χ1v) is 6.96. The van der Waals surface area contributed by atoms with Crippen LogP contribution in [-0.4, -0.2) is 10.9 Å². The Bertz CT molecular complexity index is 712. The van der Waals surface area contributed by atoms with Crippen LogP contribution in [0.5, 0.6) is 0 Å². The van der Waals surface area contributed by atoms with Gasteiger partial charge in [0, 0.05) is 10.2 Å². The lowest BCUT2D eigenvalue weighted by Gasteiger charge is -2.11. The normalized spacial score (nSPS) is 10.4. The standard InChI is InChI=1S/C15H15BrN2O2/c1-8-6-9(2)13(12(16)7-8)18-15(20)11-5-4-10(3)17-14(11)19/h4-7H,1-3H3,(H,17,19)(H,18,20). The lowest BCUT2D eigenvalue weighted by atomic mass is 10.1. The zero-order chi connectivity index (χ0) is 14.9. The quantitative estimate of drug-likeness (QED) is 0.884. The number of pyridine rings is 1. The fraction of sp³-hybridized carbons (Fsp3) is 0.200. The van der Waals surface area contributed by atoms with Gasteiger partial charge in [-0.2, -0.15) is 0 Å². The topological polar surface area (TPSA) is 62.0 Å². The largest absolute Gasteiger partial charge is 0.326 e. The van der Waals surface area contributed by atoms with E-state index in [0.717, 1.165) is 21.3 Å². The molecule has 0 radical (unpaired) electrons. The van der Waals surface area contributed by atoms with Crippen LogP contribution < -0.4 is 10.9 Å². The number of halogens is 1. The van der Waals surface area contributed by atoms with Crippen molar-refractivity contribution in [3.05, 3.63) is 61.5 Å². The van der Waals surface area contributed by atoms with Gasteiger partial charge < -0.3 is 10.3 Å². The average molecular weight is 335 g/mol. The van der Waals surface area contributed by atoms with Crippen molar-refractivity contribution < 1.29 is 4.79 Å². The highest BCUT2D eigenvalue weighted by molar-refractivity contribution is 9.10. The molecule has 0 fully saturated rings. The van der Waals surface area contributed by atoms with Crippen molar-refractivity contribution in [1.29, 1.82) is 0 Å². The van der Waals surface area contributed by atoms with Crippen molar-refractivity contribution in [2.45, 2.75) is 20.8 Å². The van der Waals surface area contributed by atoms with Crippen LogP contribution in [0.1, 0.15) is 27.2 Å². The highest BCUT2D eigenvalue weighted by Crippen LogP contribution is 2.28. The first kappa shape index (κ1) is 14.5. The van der Waals surface area contributed by atoms with E-state index in [9.17, 15) is 9.59 Å². The first-order valence-electron chi connectivity index (χ1n) is 6.16. The van der Waals surface area contributed by atoms with Crippen LogP contribution in [0.4, 0.5) is 5.69 Å². The van der Waals surface area contributed by atoms with Crippen molar-refractivity contribution in [3.63, 3.8) is 0 Å². The van der Waals surface area contributed by atoms with Crippen molar-refractivity contribution in [2.24, 2.45) is 0 Å². The maximum atomic E-state index is 12.2. The molecule has 0 atom stereocenters. The molecule has 0 spiro atoms. The van der Waals surface area contributed by atoms with E-state index in [-0.39, 0.29) is 11.1 Å². The van der Waals surface area contributed by atoms with E-state index in [1.54, 1.807) is 13.0 Å². The summed E-state index contributed by atoms with van der Waals surface area (Å²) in [5.74, 6) is -0.418. The Labute approximate surface area is 125 Å². The van der Waals surface area contributed by atoms with Gasteiger partial charge in [-0.05, 0) is 66.0 Å². The molecule has 0 aliphatic carbocycles. The predicted molar refractivity (Wildman–Crippen MR) is 83.4 cm³/mol. The number of benzene rings is 1. The summed E-state index contributed by atoms with van der Waals surface area (Å²) in [6, 6.07) is 7.12. The molecule has 2 N–H and O–H groups in total. The summed E-state index contributed by atoms with van der Waals surface area (Å²) in [7, 11) is 0. The molecular weight excluding hydrogens is 320 g/mol. The Morgan fingerprint density at radius 1 is 1.20 bits per heavy atom.